The van der Waals surface area contributed by atoms with Crippen molar-refractivity contribution in [3.63, 3.8) is 0 Å². The van der Waals surface area contributed by atoms with Crippen LogP contribution in [0.3, 0.4) is 0 Å². The molecule has 0 radical (unpaired) electrons. The fraction of sp³-hybridized carbons (Fsp3) is 0.211. The molecular formula is C19H19ClN4O2. The third kappa shape index (κ3) is 4.83. The first-order chi connectivity index (χ1) is 12.6. The molecule has 2 atom stereocenters. The van der Waals surface area contributed by atoms with Crippen molar-refractivity contribution in [2.24, 2.45) is 0 Å². The SMILES string of the molecule is CC(Oc1ccc(Cl)cc1)C(=O)NC(Cn1cncn1)c1ccccc1. The van der Waals surface area contributed by atoms with Gasteiger partial charge in [0, 0.05) is 5.02 Å². The third-order valence-corrected chi connectivity index (χ3v) is 4.10. The van der Waals surface area contributed by atoms with Gasteiger partial charge in [0.1, 0.15) is 18.4 Å². The average Bonchev–Trinajstić information content (AvgIpc) is 3.17. The van der Waals surface area contributed by atoms with E-state index in [0.717, 1.165) is 5.56 Å². The van der Waals surface area contributed by atoms with Crippen molar-refractivity contribution < 1.29 is 9.53 Å². The Morgan fingerprint density at radius 1 is 1.19 bits per heavy atom. The minimum Gasteiger partial charge on any atom is -0.481 e. The lowest BCUT2D eigenvalue weighted by atomic mass is 10.1. The summed E-state index contributed by atoms with van der Waals surface area (Å²) in [6.07, 6.45) is 2.43. The van der Waals surface area contributed by atoms with Gasteiger partial charge in [-0.3, -0.25) is 9.48 Å². The highest BCUT2D eigenvalue weighted by Gasteiger charge is 2.21. The van der Waals surface area contributed by atoms with Gasteiger partial charge >= 0.3 is 0 Å². The van der Waals surface area contributed by atoms with E-state index < -0.39 is 6.10 Å². The maximum absolute atomic E-state index is 12.6. The number of nitrogens with zero attached hydrogens (tertiary/aromatic N) is 3. The number of amides is 1. The summed E-state index contributed by atoms with van der Waals surface area (Å²) in [4.78, 5) is 16.6. The Kier molecular flexibility index (Phi) is 5.86. The number of carbonyl (C=O) groups excluding carboxylic acids is 1. The number of aromatic nitrogens is 3. The summed E-state index contributed by atoms with van der Waals surface area (Å²) in [5, 5.41) is 7.76. The molecular weight excluding hydrogens is 352 g/mol. The minimum absolute atomic E-state index is 0.214. The molecule has 0 bridgehead atoms. The summed E-state index contributed by atoms with van der Waals surface area (Å²) in [6, 6.07) is 16.4. The van der Waals surface area contributed by atoms with Gasteiger partial charge in [-0.25, -0.2) is 4.98 Å². The summed E-state index contributed by atoms with van der Waals surface area (Å²) >= 11 is 5.87. The molecule has 1 N–H and O–H groups in total. The second-order valence-corrected chi connectivity index (χ2v) is 6.24. The molecule has 134 valence electrons. The number of ether oxygens (including phenoxy) is 1. The minimum atomic E-state index is -0.655. The molecule has 0 saturated heterocycles. The van der Waals surface area contributed by atoms with Gasteiger partial charge in [0.25, 0.3) is 5.91 Å². The number of carbonyl (C=O) groups is 1. The number of hydrogen-bond donors (Lipinski definition) is 1. The topological polar surface area (TPSA) is 69.0 Å². The number of hydrogen-bond acceptors (Lipinski definition) is 4. The normalized spacial score (nSPS) is 13.0. The van der Waals surface area contributed by atoms with Crippen LogP contribution in [0.4, 0.5) is 0 Å². The van der Waals surface area contributed by atoms with E-state index in [1.165, 1.54) is 6.33 Å². The van der Waals surface area contributed by atoms with E-state index in [-0.39, 0.29) is 11.9 Å². The first kappa shape index (κ1) is 17.9. The smallest absolute Gasteiger partial charge is 0.261 e. The zero-order valence-electron chi connectivity index (χ0n) is 14.2. The van der Waals surface area contributed by atoms with E-state index in [0.29, 0.717) is 17.3 Å². The van der Waals surface area contributed by atoms with E-state index in [9.17, 15) is 4.79 Å². The van der Waals surface area contributed by atoms with Crippen LogP contribution in [0.1, 0.15) is 18.5 Å². The molecule has 0 fully saturated rings. The molecule has 0 spiro atoms. The summed E-state index contributed by atoms with van der Waals surface area (Å²) in [6.45, 7) is 2.19. The zero-order chi connectivity index (χ0) is 18.4. The molecule has 1 aromatic heterocycles. The Hall–Kier alpha value is -2.86. The van der Waals surface area contributed by atoms with Crippen LogP contribution in [0.15, 0.2) is 67.3 Å². The van der Waals surface area contributed by atoms with E-state index >= 15 is 0 Å². The molecule has 1 amide bonds. The Labute approximate surface area is 156 Å². The first-order valence-corrected chi connectivity index (χ1v) is 8.59. The molecule has 6 nitrogen and oxygen atoms in total. The molecule has 2 unspecified atom stereocenters. The van der Waals surface area contributed by atoms with Gasteiger partial charge in [-0.2, -0.15) is 5.10 Å². The van der Waals surface area contributed by atoms with Crippen molar-refractivity contribution >= 4 is 17.5 Å². The highest BCUT2D eigenvalue weighted by Crippen LogP contribution is 2.18. The van der Waals surface area contributed by atoms with Crippen LogP contribution >= 0.6 is 11.6 Å². The van der Waals surface area contributed by atoms with Gasteiger partial charge in [-0.15, -0.1) is 0 Å². The van der Waals surface area contributed by atoms with Gasteiger partial charge in [0.2, 0.25) is 0 Å². The quantitative estimate of drug-likeness (QED) is 0.693. The second kappa shape index (κ2) is 8.49. The standard InChI is InChI=1S/C19H19ClN4O2/c1-14(26-17-9-7-16(20)8-10-17)19(25)23-18(11-24-13-21-12-22-24)15-5-3-2-4-6-15/h2-10,12-14,18H,11H2,1H3,(H,23,25). The van der Waals surface area contributed by atoms with Gasteiger partial charge in [-0.1, -0.05) is 41.9 Å². The molecule has 0 saturated carbocycles. The van der Waals surface area contributed by atoms with Gasteiger partial charge < -0.3 is 10.1 Å². The Balaban J connectivity index is 1.68. The number of halogens is 1. The van der Waals surface area contributed by atoms with Gasteiger partial charge in [0.15, 0.2) is 6.10 Å². The van der Waals surface area contributed by atoms with Crippen LogP contribution in [0, 0.1) is 0 Å². The lowest BCUT2D eigenvalue weighted by Crippen LogP contribution is -2.40. The number of rotatable bonds is 7. The lowest BCUT2D eigenvalue weighted by Gasteiger charge is -2.22. The third-order valence-electron chi connectivity index (χ3n) is 3.85. The van der Waals surface area contributed by atoms with Gasteiger partial charge in [0.05, 0.1) is 12.6 Å². The maximum Gasteiger partial charge on any atom is 0.261 e. The predicted molar refractivity (Wildman–Crippen MR) is 98.9 cm³/mol. The van der Waals surface area contributed by atoms with Crippen LogP contribution in [0.5, 0.6) is 5.75 Å². The molecule has 0 aliphatic heterocycles. The summed E-state index contributed by atoms with van der Waals surface area (Å²) in [5.41, 5.74) is 0.982. The highest BCUT2D eigenvalue weighted by atomic mass is 35.5. The van der Waals surface area contributed by atoms with Crippen molar-refractivity contribution in [1.82, 2.24) is 20.1 Å². The molecule has 7 heteroatoms. The summed E-state index contributed by atoms with van der Waals surface area (Å²) < 4.78 is 7.38. The Morgan fingerprint density at radius 3 is 2.58 bits per heavy atom. The largest absolute Gasteiger partial charge is 0.481 e. The van der Waals surface area contributed by atoms with Crippen molar-refractivity contribution in [2.75, 3.05) is 0 Å². The first-order valence-electron chi connectivity index (χ1n) is 8.22. The Morgan fingerprint density at radius 2 is 1.92 bits per heavy atom. The second-order valence-electron chi connectivity index (χ2n) is 5.80. The van der Waals surface area contributed by atoms with Crippen molar-refractivity contribution in [1.29, 1.82) is 0 Å². The van der Waals surface area contributed by atoms with Gasteiger partial charge in [-0.05, 0) is 36.8 Å². The fourth-order valence-corrected chi connectivity index (χ4v) is 2.62. The Bertz CT molecular complexity index is 823. The van der Waals surface area contributed by atoms with Crippen LogP contribution in [-0.2, 0) is 11.3 Å². The lowest BCUT2D eigenvalue weighted by molar-refractivity contribution is -0.128. The van der Waals surface area contributed by atoms with E-state index in [1.54, 1.807) is 42.2 Å². The molecule has 1 heterocycles. The molecule has 2 aromatic carbocycles. The van der Waals surface area contributed by atoms with Crippen LogP contribution in [-0.4, -0.2) is 26.8 Å². The summed E-state index contributed by atoms with van der Waals surface area (Å²) in [7, 11) is 0. The van der Waals surface area contributed by atoms with E-state index in [4.69, 9.17) is 16.3 Å². The summed E-state index contributed by atoms with van der Waals surface area (Å²) in [5.74, 6) is 0.374. The van der Waals surface area contributed by atoms with Crippen LogP contribution in [0.25, 0.3) is 0 Å². The maximum atomic E-state index is 12.6. The van der Waals surface area contributed by atoms with Crippen LogP contribution < -0.4 is 10.1 Å². The predicted octanol–water partition coefficient (Wildman–Crippen LogP) is 3.26. The number of benzene rings is 2. The fourth-order valence-electron chi connectivity index (χ4n) is 2.49. The monoisotopic (exact) mass is 370 g/mol. The van der Waals surface area contributed by atoms with Crippen molar-refractivity contribution in [3.05, 3.63) is 77.8 Å². The average molecular weight is 371 g/mol. The number of nitrogens with one attached hydrogen (secondary N) is 1. The highest BCUT2D eigenvalue weighted by molar-refractivity contribution is 6.30. The molecule has 0 aliphatic carbocycles. The van der Waals surface area contributed by atoms with E-state index in [2.05, 4.69) is 15.4 Å². The molecule has 3 aromatic rings. The van der Waals surface area contributed by atoms with E-state index in [1.807, 2.05) is 30.3 Å². The van der Waals surface area contributed by atoms with Crippen LogP contribution in [0.2, 0.25) is 5.02 Å². The molecule has 26 heavy (non-hydrogen) atoms. The van der Waals surface area contributed by atoms with Crippen molar-refractivity contribution in [2.45, 2.75) is 25.6 Å². The zero-order valence-corrected chi connectivity index (χ0v) is 15.0. The van der Waals surface area contributed by atoms with Crippen molar-refractivity contribution in [3.8, 4) is 5.75 Å². The molecule has 0 aliphatic rings. The molecule has 3 rings (SSSR count).